The molecule has 24 heavy (non-hydrogen) atoms. The van der Waals surface area contributed by atoms with Crippen molar-refractivity contribution in [2.45, 2.75) is 25.6 Å². The number of carbonyl (C=O) groups excluding carboxylic acids is 4. The zero-order valence-electron chi connectivity index (χ0n) is 13.1. The number of ether oxygens (including phenoxy) is 4. The maximum atomic E-state index is 11.0. The van der Waals surface area contributed by atoms with Gasteiger partial charge in [0.25, 0.3) is 6.47 Å². The Kier molecular flexibility index (Phi) is 10.1. The zero-order valence-corrected chi connectivity index (χ0v) is 13.1. The molecule has 0 aliphatic carbocycles. The van der Waals surface area contributed by atoms with E-state index in [2.05, 4.69) is 18.9 Å². The van der Waals surface area contributed by atoms with Gasteiger partial charge >= 0.3 is 29.7 Å². The van der Waals surface area contributed by atoms with Gasteiger partial charge < -0.3 is 29.2 Å². The van der Waals surface area contributed by atoms with Crippen LogP contribution in [-0.2, 0) is 42.9 Å². The smallest absolute Gasteiger partial charge is 0.479 e. The average molecular weight is 352 g/mol. The molecule has 0 saturated carbocycles. The summed E-state index contributed by atoms with van der Waals surface area (Å²) in [5.74, 6) is -5.71. The summed E-state index contributed by atoms with van der Waals surface area (Å²) in [6, 6.07) is 0. The minimum Gasteiger partial charge on any atom is -0.479 e. The Balaban J connectivity index is 0. The molecule has 0 fully saturated rings. The number of Topliss-reactive ketones (excluding diaryl/α,β-unsaturated/α-hetero) is 1. The van der Waals surface area contributed by atoms with Crippen molar-refractivity contribution in [2.24, 2.45) is 0 Å². The van der Waals surface area contributed by atoms with E-state index in [1.807, 2.05) is 0 Å². The molecule has 0 aliphatic heterocycles. The van der Waals surface area contributed by atoms with Gasteiger partial charge in [-0.15, -0.1) is 0 Å². The molecule has 0 amide bonds. The summed E-state index contributed by atoms with van der Waals surface area (Å²) >= 11 is 0. The van der Waals surface area contributed by atoms with E-state index in [1.54, 1.807) is 0 Å². The second-order valence-corrected chi connectivity index (χ2v) is 3.80. The maximum absolute atomic E-state index is 11.0. The first-order valence-electron chi connectivity index (χ1n) is 5.92. The number of esters is 1. The number of rotatable bonds is 7. The molecule has 0 rings (SSSR count). The maximum Gasteiger partial charge on any atom is 0.508 e. The van der Waals surface area contributed by atoms with Gasteiger partial charge in [0.05, 0.1) is 14.2 Å². The number of carboxylic acids is 2. The van der Waals surface area contributed by atoms with E-state index in [0.29, 0.717) is 0 Å². The molecule has 2 unspecified atom stereocenters. The van der Waals surface area contributed by atoms with Crippen molar-refractivity contribution in [3.05, 3.63) is 0 Å². The third kappa shape index (κ3) is 6.29. The van der Waals surface area contributed by atoms with E-state index in [4.69, 9.17) is 10.2 Å². The van der Waals surface area contributed by atoms with Crippen molar-refractivity contribution in [3.63, 3.8) is 0 Å². The number of ketones is 1. The van der Waals surface area contributed by atoms with Crippen molar-refractivity contribution >= 4 is 36.3 Å². The minimum absolute atomic E-state index is 0.299. The molecular weight excluding hydrogens is 336 g/mol. The lowest BCUT2D eigenvalue weighted by Gasteiger charge is -2.20. The van der Waals surface area contributed by atoms with Gasteiger partial charge in [-0.2, -0.15) is 0 Å². The summed E-state index contributed by atoms with van der Waals surface area (Å²) in [4.78, 5) is 62.8. The van der Waals surface area contributed by atoms with Crippen LogP contribution in [0.15, 0.2) is 0 Å². The van der Waals surface area contributed by atoms with Gasteiger partial charge in [-0.05, 0) is 13.8 Å². The lowest BCUT2D eigenvalue weighted by atomic mass is 10.00. The van der Waals surface area contributed by atoms with Crippen LogP contribution in [0.5, 0.6) is 0 Å². The Bertz CT molecular complexity index is 494. The summed E-state index contributed by atoms with van der Waals surface area (Å²) in [5, 5.41) is 16.8. The fourth-order valence-corrected chi connectivity index (χ4v) is 1.02. The second kappa shape index (κ2) is 10.5. The van der Waals surface area contributed by atoms with Crippen LogP contribution in [0, 0.1) is 0 Å². The van der Waals surface area contributed by atoms with E-state index in [9.17, 15) is 28.8 Å². The molecule has 0 bridgehead atoms. The molecular formula is C12H16O12. The summed E-state index contributed by atoms with van der Waals surface area (Å²) < 4.78 is 16.3. The molecule has 0 aliphatic rings. The molecule has 12 heteroatoms. The molecule has 2 atom stereocenters. The van der Waals surface area contributed by atoms with Gasteiger partial charge in [0.15, 0.2) is 11.9 Å². The van der Waals surface area contributed by atoms with E-state index in [0.717, 1.165) is 21.1 Å². The van der Waals surface area contributed by atoms with Gasteiger partial charge in [-0.1, -0.05) is 0 Å². The van der Waals surface area contributed by atoms with Crippen LogP contribution in [0.3, 0.4) is 0 Å². The van der Waals surface area contributed by atoms with Gasteiger partial charge in [0.1, 0.15) is 0 Å². The van der Waals surface area contributed by atoms with Gasteiger partial charge in [0, 0.05) is 0 Å². The van der Waals surface area contributed by atoms with Gasteiger partial charge in [-0.3, -0.25) is 9.59 Å². The Morgan fingerprint density at radius 1 is 1.04 bits per heavy atom. The first-order chi connectivity index (χ1) is 11.0. The van der Waals surface area contributed by atoms with Crippen LogP contribution >= 0.6 is 0 Å². The Labute approximate surface area is 135 Å². The number of hydrogen-bond donors (Lipinski definition) is 2. The summed E-state index contributed by atoms with van der Waals surface area (Å²) in [5.41, 5.74) is -2.89. The summed E-state index contributed by atoms with van der Waals surface area (Å²) in [6.07, 6.45) is -2.15. The molecule has 136 valence electrons. The van der Waals surface area contributed by atoms with Crippen LogP contribution in [0.1, 0.15) is 13.8 Å². The second-order valence-electron chi connectivity index (χ2n) is 3.80. The first-order valence-corrected chi connectivity index (χ1v) is 5.92. The standard InChI is InChI=1S/C7H8O7.C5H8O5/c1-4(9)7(5(10)11,14-3-8)6(12)13-2;1-3(4(6)7)10-5(8)9-2/h3H,1-2H3,(H,10,11);3H,1-2H3,(H,6,7). The third-order valence-electron chi connectivity index (χ3n) is 2.28. The van der Waals surface area contributed by atoms with Gasteiger partial charge in [-0.25, -0.2) is 19.2 Å². The quantitative estimate of drug-likeness (QED) is 0.247. The predicted octanol–water partition coefficient (Wildman–Crippen LogP) is -1.01. The molecule has 0 radical (unpaired) electrons. The molecule has 0 heterocycles. The number of methoxy groups -OCH3 is 2. The van der Waals surface area contributed by atoms with Crippen LogP contribution in [-0.4, -0.2) is 72.5 Å². The number of aliphatic carboxylic acids is 2. The zero-order chi connectivity index (χ0) is 19.5. The van der Waals surface area contributed by atoms with Crippen LogP contribution in [0.2, 0.25) is 0 Å². The highest BCUT2D eigenvalue weighted by molar-refractivity contribution is 6.23. The Hall–Kier alpha value is -3.18. The molecule has 0 aromatic carbocycles. The molecule has 2 N–H and O–H groups in total. The number of hydrogen-bond acceptors (Lipinski definition) is 10. The van der Waals surface area contributed by atoms with E-state index in [-0.39, 0.29) is 6.47 Å². The van der Waals surface area contributed by atoms with Crippen LogP contribution < -0.4 is 0 Å². The topological polar surface area (TPSA) is 180 Å². The van der Waals surface area contributed by atoms with Gasteiger partial charge in [0.2, 0.25) is 0 Å². The largest absolute Gasteiger partial charge is 0.508 e. The number of carboxylic acid groups (broad SMARTS) is 2. The molecule has 0 aromatic rings. The summed E-state index contributed by atoms with van der Waals surface area (Å²) in [6.45, 7) is 1.74. The normalized spacial score (nSPS) is 12.8. The monoisotopic (exact) mass is 352 g/mol. The lowest BCUT2D eigenvalue weighted by Crippen LogP contribution is -2.55. The van der Waals surface area contributed by atoms with E-state index >= 15 is 0 Å². The van der Waals surface area contributed by atoms with E-state index < -0.39 is 41.6 Å². The third-order valence-corrected chi connectivity index (χ3v) is 2.28. The Morgan fingerprint density at radius 3 is 1.79 bits per heavy atom. The van der Waals surface area contributed by atoms with Crippen molar-refractivity contribution < 1.29 is 57.9 Å². The van der Waals surface area contributed by atoms with Crippen molar-refractivity contribution in [1.82, 2.24) is 0 Å². The van der Waals surface area contributed by atoms with Crippen molar-refractivity contribution in [1.29, 1.82) is 0 Å². The SMILES string of the molecule is COC(=O)C(OC=O)(C(C)=O)C(=O)O.COC(=O)OC(C)C(=O)O. The van der Waals surface area contributed by atoms with E-state index in [1.165, 1.54) is 6.92 Å². The van der Waals surface area contributed by atoms with Crippen LogP contribution in [0.4, 0.5) is 4.79 Å². The highest BCUT2D eigenvalue weighted by atomic mass is 16.7. The Morgan fingerprint density at radius 2 is 1.54 bits per heavy atom. The predicted molar refractivity (Wildman–Crippen MR) is 70.8 cm³/mol. The fraction of sp³-hybridized carbons (Fsp3) is 0.500. The summed E-state index contributed by atoms with van der Waals surface area (Å²) in [7, 11) is 1.98. The van der Waals surface area contributed by atoms with Crippen LogP contribution in [0.25, 0.3) is 0 Å². The average Bonchev–Trinajstić information content (AvgIpc) is 2.51. The highest BCUT2D eigenvalue weighted by Crippen LogP contribution is 2.14. The number of carbonyl (C=O) groups is 6. The molecule has 0 aromatic heterocycles. The fourth-order valence-electron chi connectivity index (χ4n) is 1.02. The van der Waals surface area contributed by atoms with Crippen molar-refractivity contribution in [2.75, 3.05) is 14.2 Å². The molecule has 0 saturated heterocycles. The van der Waals surface area contributed by atoms with Crippen molar-refractivity contribution in [3.8, 4) is 0 Å². The lowest BCUT2D eigenvalue weighted by molar-refractivity contribution is -0.188. The minimum atomic E-state index is -2.89. The molecule has 0 spiro atoms. The molecule has 12 nitrogen and oxygen atoms in total. The highest BCUT2D eigenvalue weighted by Gasteiger charge is 2.55. The first kappa shape index (κ1) is 23.1.